The maximum atomic E-state index is 13.2. The molecule has 0 amide bonds. The summed E-state index contributed by atoms with van der Waals surface area (Å²) in [6.07, 6.45) is 1.64. The van der Waals surface area contributed by atoms with Gasteiger partial charge in [-0.25, -0.2) is 14.1 Å². The Morgan fingerprint density at radius 3 is 2.71 bits per heavy atom. The van der Waals surface area contributed by atoms with Crippen LogP contribution in [0.3, 0.4) is 0 Å². The predicted molar refractivity (Wildman–Crippen MR) is 65.2 cm³/mol. The van der Waals surface area contributed by atoms with Gasteiger partial charge in [0.25, 0.3) is 0 Å². The molecule has 2 aromatic carbocycles. The van der Waals surface area contributed by atoms with Crippen LogP contribution in [0.1, 0.15) is 0 Å². The first kappa shape index (κ1) is 9.84. The van der Waals surface area contributed by atoms with Crippen molar-refractivity contribution in [1.29, 1.82) is 0 Å². The van der Waals surface area contributed by atoms with E-state index in [1.165, 1.54) is 12.1 Å². The molecule has 1 N–H and O–H groups in total. The summed E-state index contributed by atoms with van der Waals surface area (Å²) in [5.41, 5.74) is 5.54. The lowest BCUT2D eigenvalue weighted by Crippen LogP contribution is -2.06. The lowest BCUT2D eigenvalue weighted by atomic mass is 10.3. The van der Waals surface area contributed by atoms with Crippen molar-refractivity contribution in [2.75, 3.05) is 5.43 Å². The largest absolute Gasteiger partial charge is 0.293 e. The number of hydrogen-bond acceptors (Lipinski definition) is 2. The molecule has 4 heteroatoms. The van der Waals surface area contributed by atoms with Gasteiger partial charge in [0.1, 0.15) is 12.1 Å². The van der Waals surface area contributed by atoms with Crippen LogP contribution >= 0.6 is 0 Å². The monoisotopic (exact) mass is 227 g/mol. The normalized spacial score (nSPS) is 10.6. The van der Waals surface area contributed by atoms with Gasteiger partial charge in [-0.2, -0.15) is 0 Å². The molecule has 0 radical (unpaired) electrons. The van der Waals surface area contributed by atoms with Crippen LogP contribution in [-0.2, 0) is 0 Å². The molecule has 0 saturated carbocycles. The Morgan fingerprint density at radius 1 is 1.06 bits per heavy atom. The molecule has 1 aromatic heterocycles. The molecule has 0 aliphatic heterocycles. The summed E-state index contributed by atoms with van der Waals surface area (Å²) in [7, 11) is 0. The first-order valence-electron chi connectivity index (χ1n) is 5.27. The zero-order chi connectivity index (χ0) is 11.7. The second kappa shape index (κ2) is 3.90. The number of aromatic nitrogens is 2. The van der Waals surface area contributed by atoms with Gasteiger partial charge < -0.3 is 0 Å². The van der Waals surface area contributed by atoms with E-state index < -0.39 is 0 Å². The molecule has 3 nitrogen and oxygen atoms in total. The number of benzene rings is 2. The van der Waals surface area contributed by atoms with E-state index in [2.05, 4.69) is 10.4 Å². The maximum absolute atomic E-state index is 13.2. The van der Waals surface area contributed by atoms with Gasteiger partial charge in [-0.1, -0.05) is 18.2 Å². The first-order chi connectivity index (χ1) is 8.33. The minimum Gasteiger partial charge on any atom is -0.293 e. The van der Waals surface area contributed by atoms with Crippen molar-refractivity contribution in [2.24, 2.45) is 0 Å². The topological polar surface area (TPSA) is 29.9 Å². The number of nitrogens with zero attached hydrogens (tertiary/aromatic N) is 2. The summed E-state index contributed by atoms with van der Waals surface area (Å²) < 4.78 is 14.9. The summed E-state index contributed by atoms with van der Waals surface area (Å²) in [6, 6.07) is 14.2. The Balaban J connectivity index is 2.03. The summed E-state index contributed by atoms with van der Waals surface area (Å²) in [6.45, 7) is 0. The molecule has 0 saturated heterocycles. The minimum atomic E-state index is -0.269. The highest BCUT2D eigenvalue weighted by Gasteiger charge is 2.03. The Labute approximate surface area is 97.5 Å². The van der Waals surface area contributed by atoms with E-state index in [1.807, 2.05) is 30.3 Å². The SMILES string of the molecule is Fc1ccc2ncn(Nc3ccccc3)c2c1. The number of hydrogen-bond donors (Lipinski definition) is 1. The lowest BCUT2D eigenvalue weighted by Gasteiger charge is -2.07. The molecule has 1 heterocycles. The smallest absolute Gasteiger partial charge is 0.125 e. The minimum absolute atomic E-state index is 0.269. The fourth-order valence-electron chi connectivity index (χ4n) is 1.72. The average Bonchev–Trinajstić information content (AvgIpc) is 2.73. The van der Waals surface area contributed by atoms with Crippen LogP contribution in [0.2, 0.25) is 0 Å². The second-order valence-corrected chi connectivity index (χ2v) is 3.73. The van der Waals surface area contributed by atoms with E-state index in [4.69, 9.17) is 0 Å². The van der Waals surface area contributed by atoms with Crippen molar-refractivity contribution in [3.05, 3.63) is 60.7 Å². The molecule has 0 atom stereocenters. The van der Waals surface area contributed by atoms with E-state index >= 15 is 0 Å². The highest BCUT2D eigenvalue weighted by molar-refractivity contribution is 5.76. The molecule has 0 bridgehead atoms. The summed E-state index contributed by atoms with van der Waals surface area (Å²) >= 11 is 0. The standard InChI is InChI=1S/C13H10FN3/c14-10-6-7-12-13(8-10)17(9-15-12)16-11-4-2-1-3-5-11/h1-9,16H. The molecule has 0 aliphatic carbocycles. The molecule has 3 aromatic rings. The zero-order valence-corrected chi connectivity index (χ0v) is 8.97. The third kappa shape index (κ3) is 1.85. The maximum Gasteiger partial charge on any atom is 0.125 e. The Bertz CT molecular complexity index is 646. The molecule has 0 aliphatic rings. The van der Waals surface area contributed by atoms with Crippen molar-refractivity contribution in [2.45, 2.75) is 0 Å². The van der Waals surface area contributed by atoms with Crippen molar-refractivity contribution in [3.63, 3.8) is 0 Å². The van der Waals surface area contributed by atoms with Crippen molar-refractivity contribution in [1.82, 2.24) is 9.66 Å². The Hall–Kier alpha value is -2.36. The fraction of sp³-hybridized carbons (Fsp3) is 0. The van der Waals surface area contributed by atoms with Gasteiger partial charge in [-0.05, 0) is 24.3 Å². The van der Waals surface area contributed by atoms with Crippen LogP contribution in [0.25, 0.3) is 11.0 Å². The number of imidazole rings is 1. The van der Waals surface area contributed by atoms with Gasteiger partial charge in [0.15, 0.2) is 0 Å². The average molecular weight is 227 g/mol. The van der Waals surface area contributed by atoms with Gasteiger partial charge in [-0.3, -0.25) is 5.43 Å². The van der Waals surface area contributed by atoms with Crippen LogP contribution in [-0.4, -0.2) is 9.66 Å². The van der Waals surface area contributed by atoms with Gasteiger partial charge >= 0.3 is 0 Å². The molecular weight excluding hydrogens is 217 g/mol. The molecule has 0 fully saturated rings. The van der Waals surface area contributed by atoms with Crippen LogP contribution in [0.15, 0.2) is 54.9 Å². The summed E-state index contributed by atoms with van der Waals surface area (Å²) in [5, 5.41) is 0. The van der Waals surface area contributed by atoms with Crippen LogP contribution in [0, 0.1) is 5.82 Å². The number of anilines is 1. The van der Waals surface area contributed by atoms with E-state index in [0.29, 0.717) is 5.52 Å². The van der Waals surface area contributed by atoms with Gasteiger partial charge in [0, 0.05) is 6.07 Å². The second-order valence-electron chi connectivity index (χ2n) is 3.73. The highest BCUT2D eigenvalue weighted by Crippen LogP contribution is 2.15. The summed E-state index contributed by atoms with van der Waals surface area (Å²) in [4.78, 5) is 4.19. The molecular formula is C13H10FN3. The Kier molecular flexibility index (Phi) is 2.26. The van der Waals surface area contributed by atoms with Gasteiger partial charge in [0.2, 0.25) is 0 Å². The van der Waals surface area contributed by atoms with Crippen molar-refractivity contribution >= 4 is 16.7 Å². The highest BCUT2D eigenvalue weighted by atomic mass is 19.1. The van der Waals surface area contributed by atoms with Crippen molar-refractivity contribution < 1.29 is 4.39 Å². The number of rotatable bonds is 2. The van der Waals surface area contributed by atoms with Gasteiger partial charge in [-0.15, -0.1) is 0 Å². The fourth-order valence-corrected chi connectivity index (χ4v) is 1.72. The molecule has 84 valence electrons. The van der Waals surface area contributed by atoms with Crippen LogP contribution in [0.5, 0.6) is 0 Å². The number of nitrogens with one attached hydrogen (secondary N) is 1. The molecule has 0 unspecified atom stereocenters. The van der Waals surface area contributed by atoms with Crippen LogP contribution in [0.4, 0.5) is 10.1 Å². The van der Waals surface area contributed by atoms with Gasteiger partial charge in [0.05, 0.1) is 16.7 Å². The lowest BCUT2D eigenvalue weighted by molar-refractivity contribution is 0.629. The van der Waals surface area contributed by atoms with E-state index in [0.717, 1.165) is 11.2 Å². The van der Waals surface area contributed by atoms with Crippen molar-refractivity contribution in [3.8, 4) is 0 Å². The predicted octanol–water partition coefficient (Wildman–Crippen LogP) is 3.05. The Morgan fingerprint density at radius 2 is 1.88 bits per heavy atom. The third-order valence-corrected chi connectivity index (χ3v) is 2.53. The summed E-state index contributed by atoms with van der Waals surface area (Å²) in [5.74, 6) is -0.269. The van der Waals surface area contributed by atoms with E-state index in [9.17, 15) is 4.39 Å². The number of halogens is 1. The number of fused-ring (bicyclic) bond motifs is 1. The quantitative estimate of drug-likeness (QED) is 0.729. The molecule has 0 spiro atoms. The molecule has 3 rings (SSSR count). The number of para-hydroxylation sites is 1. The van der Waals surface area contributed by atoms with E-state index in [-0.39, 0.29) is 5.82 Å². The zero-order valence-electron chi connectivity index (χ0n) is 8.97. The van der Waals surface area contributed by atoms with Crippen LogP contribution < -0.4 is 5.43 Å². The molecule has 17 heavy (non-hydrogen) atoms. The van der Waals surface area contributed by atoms with E-state index in [1.54, 1.807) is 17.1 Å². The first-order valence-corrected chi connectivity index (χ1v) is 5.27. The third-order valence-electron chi connectivity index (χ3n) is 2.53.